The minimum atomic E-state index is -3.53. The van der Waals surface area contributed by atoms with Crippen molar-refractivity contribution in [1.29, 1.82) is 0 Å². The van der Waals surface area contributed by atoms with E-state index in [0.717, 1.165) is 0 Å². The lowest BCUT2D eigenvalue weighted by molar-refractivity contribution is 0.564. The molecule has 1 rings (SSSR count). The average Bonchev–Trinajstić information content (AvgIpc) is 2.14. The second-order valence-corrected chi connectivity index (χ2v) is 6.01. The summed E-state index contributed by atoms with van der Waals surface area (Å²) in [6.07, 6.45) is 0. The third-order valence-electron chi connectivity index (χ3n) is 1.64. The van der Waals surface area contributed by atoms with Gasteiger partial charge in [0.25, 0.3) is 10.2 Å². The quantitative estimate of drug-likeness (QED) is 0.814. The molecule has 1 aromatic heterocycles. The van der Waals surface area contributed by atoms with Crippen LogP contribution in [0.4, 0.5) is 5.82 Å². The van der Waals surface area contributed by atoms with Gasteiger partial charge in [-0.05, 0) is 34.0 Å². The highest BCUT2D eigenvalue weighted by Crippen LogP contribution is 2.10. The average molecular weight is 308 g/mol. The molecule has 0 atom stereocenters. The SMILES string of the molecule is CC(C)CNS(=O)(=O)Nc1cccc(Br)n1. The molecule has 0 aliphatic rings. The van der Waals surface area contributed by atoms with Crippen molar-refractivity contribution in [2.45, 2.75) is 13.8 Å². The van der Waals surface area contributed by atoms with E-state index in [0.29, 0.717) is 11.1 Å². The molecular weight excluding hydrogens is 294 g/mol. The summed E-state index contributed by atoms with van der Waals surface area (Å²) < 4.78 is 28.4. The van der Waals surface area contributed by atoms with E-state index in [1.807, 2.05) is 13.8 Å². The van der Waals surface area contributed by atoms with Crippen LogP contribution in [0.5, 0.6) is 0 Å². The van der Waals surface area contributed by atoms with Gasteiger partial charge >= 0.3 is 0 Å². The molecule has 90 valence electrons. The van der Waals surface area contributed by atoms with Crippen LogP contribution in [0.15, 0.2) is 22.8 Å². The van der Waals surface area contributed by atoms with E-state index in [1.165, 1.54) is 0 Å². The first-order valence-corrected chi connectivity index (χ1v) is 7.06. The highest BCUT2D eigenvalue weighted by Gasteiger charge is 2.10. The molecule has 2 N–H and O–H groups in total. The van der Waals surface area contributed by atoms with Crippen molar-refractivity contribution in [3.05, 3.63) is 22.8 Å². The zero-order chi connectivity index (χ0) is 12.2. The molecule has 0 aromatic carbocycles. The molecule has 1 heterocycles. The van der Waals surface area contributed by atoms with Crippen LogP contribution in [-0.2, 0) is 10.2 Å². The Bertz CT molecular complexity index is 448. The van der Waals surface area contributed by atoms with Crippen molar-refractivity contribution in [3.63, 3.8) is 0 Å². The minimum Gasteiger partial charge on any atom is -0.255 e. The second kappa shape index (κ2) is 5.60. The van der Waals surface area contributed by atoms with Gasteiger partial charge in [0, 0.05) is 6.54 Å². The summed E-state index contributed by atoms with van der Waals surface area (Å²) in [5.74, 6) is 0.540. The first-order valence-electron chi connectivity index (χ1n) is 4.79. The molecule has 0 saturated heterocycles. The van der Waals surface area contributed by atoms with Gasteiger partial charge in [-0.2, -0.15) is 13.1 Å². The molecule has 0 aliphatic heterocycles. The number of aromatic nitrogens is 1. The first kappa shape index (κ1) is 13.4. The van der Waals surface area contributed by atoms with E-state index >= 15 is 0 Å². The largest absolute Gasteiger partial charge is 0.300 e. The Morgan fingerprint density at radius 3 is 2.69 bits per heavy atom. The van der Waals surface area contributed by atoms with Crippen molar-refractivity contribution in [3.8, 4) is 0 Å². The molecule has 0 fully saturated rings. The summed E-state index contributed by atoms with van der Waals surface area (Å²) in [6, 6.07) is 5.01. The topological polar surface area (TPSA) is 71.1 Å². The first-order chi connectivity index (χ1) is 7.39. The Morgan fingerprint density at radius 2 is 2.12 bits per heavy atom. The Hall–Kier alpha value is -0.660. The molecule has 16 heavy (non-hydrogen) atoms. The maximum Gasteiger partial charge on any atom is 0.300 e. The second-order valence-electron chi connectivity index (χ2n) is 3.69. The summed E-state index contributed by atoms with van der Waals surface area (Å²) in [4.78, 5) is 3.97. The van der Waals surface area contributed by atoms with Gasteiger partial charge in [-0.3, -0.25) is 4.72 Å². The number of rotatable bonds is 5. The van der Waals surface area contributed by atoms with E-state index in [2.05, 4.69) is 30.4 Å². The molecule has 7 heteroatoms. The summed E-state index contributed by atoms with van der Waals surface area (Å²) in [5, 5.41) is 0. The van der Waals surface area contributed by atoms with Crippen molar-refractivity contribution in [2.75, 3.05) is 11.3 Å². The van der Waals surface area contributed by atoms with Crippen molar-refractivity contribution in [2.24, 2.45) is 5.92 Å². The maximum absolute atomic E-state index is 11.5. The molecule has 0 aliphatic carbocycles. The summed E-state index contributed by atoms with van der Waals surface area (Å²) in [7, 11) is -3.53. The van der Waals surface area contributed by atoms with Crippen LogP contribution >= 0.6 is 15.9 Å². The minimum absolute atomic E-state index is 0.257. The highest BCUT2D eigenvalue weighted by molar-refractivity contribution is 9.10. The predicted octanol–water partition coefficient (Wildman–Crippen LogP) is 1.75. The van der Waals surface area contributed by atoms with Gasteiger partial charge in [0.1, 0.15) is 10.4 Å². The fourth-order valence-electron chi connectivity index (χ4n) is 0.915. The van der Waals surface area contributed by atoms with Crippen LogP contribution < -0.4 is 9.44 Å². The normalized spacial score (nSPS) is 11.8. The predicted molar refractivity (Wildman–Crippen MR) is 67.3 cm³/mol. The summed E-state index contributed by atoms with van der Waals surface area (Å²) >= 11 is 3.17. The zero-order valence-corrected chi connectivity index (χ0v) is 11.5. The van der Waals surface area contributed by atoms with Crippen LogP contribution in [-0.4, -0.2) is 19.9 Å². The number of nitrogens with one attached hydrogen (secondary N) is 2. The third-order valence-corrected chi connectivity index (χ3v) is 3.10. The van der Waals surface area contributed by atoms with Crippen LogP contribution in [0.2, 0.25) is 0 Å². The lowest BCUT2D eigenvalue weighted by Crippen LogP contribution is -2.33. The maximum atomic E-state index is 11.5. The van der Waals surface area contributed by atoms with Crippen LogP contribution in [0, 0.1) is 5.92 Å². The van der Waals surface area contributed by atoms with Gasteiger partial charge in [-0.25, -0.2) is 4.98 Å². The zero-order valence-electron chi connectivity index (χ0n) is 9.07. The Kier molecular flexibility index (Phi) is 4.69. The van der Waals surface area contributed by atoms with Gasteiger partial charge in [0.05, 0.1) is 0 Å². The van der Waals surface area contributed by atoms with Gasteiger partial charge < -0.3 is 0 Å². The summed E-state index contributed by atoms with van der Waals surface area (Å²) in [5.41, 5.74) is 0. The number of pyridine rings is 1. The highest BCUT2D eigenvalue weighted by atomic mass is 79.9. The molecule has 1 aromatic rings. The van der Waals surface area contributed by atoms with E-state index in [4.69, 9.17) is 0 Å². The molecular formula is C9H14BrN3O2S. The Balaban J connectivity index is 2.66. The van der Waals surface area contributed by atoms with E-state index in [1.54, 1.807) is 18.2 Å². The molecule has 0 saturated carbocycles. The van der Waals surface area contributed by atoms with Crippen LogP contribution in [0.1, 0.15) is 13.8 Å². The molecule has 5 nitrogen and oxygen atoms in total. The fraction of sp³-hybridized carbons (Fsp3) is 0.444. The van der Waals surface area contributed by atoms with Gasteiger partial charge in [0.2, 0.25) is 0 Å². The lowest BCUT2D eigenvalue weighted by atomic mass is 10.2. The fourth-order valence-corrected chi connectivity index (χ4v) is 2.27. The Morgan fingerprint density at radius 1 is 1.44 bits per heavy atom. The third kappa shape index (κ3) is 4.91. The van der Waals surface area contributed by atoms with E-state index < -0.39 is 10.2 Å². The van der Waals surface area contributed by atoms with E-state index in [9.17, 15) is 8.42 Å². The van der Waals surface area contributed by atoms with Crippen molar-refractivity contribution < 1.29 is 8.42 Å². The van der Waals surface area contributed by atoms with Crippen molar-refractivity contribution >= 4 is 32.0 Å². The molecule has 0 radical (unpaired) electrons. The van der Waals surface area contributed by atoms with Gasteiger partial charge in [-0.15, -0.1) is 0 Å². The number of halogens is 1. The van der Waals surface area contributed by atoms with Gasteiger partial charge in [-0.1, -0.05) is 19.9 Å². The molecule has 0 amide bonds. The number of hydrogen-bond acceptors (Lipinski definition) is 3. The number of nitrogens with zero attached hydrogens (tertiary/aromatic N) is 1. The van der Waals surface area contributed by atoms with Crippen LogP contribution in [0.25, 0.3) is 0 Å². The monoisotopic (exact) mass is 307 g/mol. The standard InChI is InChI=1S/C9H14BrN3O2S/c1-7(2)6-11-16(14,15)13-9-5-3-4-8(10)12-9/h3-5,7,11H,6H2,1-2H3,(H,12,13). The van der Waals surface area contributed by atoms with Crippen LogP contribution in [0.3, 0.4) is 0 Å². The number of hydrogen-bond donors (Lipinski definition) is 2. The molecule has 0 spiro atoms. The summed E-state index contributed by atoms with van der Waals surface area (Å²) in [6.45, 7) is 4.25. The smallest absolute Gasteiger partial charge is 0.255 e. The van der Waals surface area contributed by atoms with E-state index in [-0.39, 0.29) is 11.7 Å². The lowest BCUT2D eigenvalue weighted by Gasteiger charge is -2.10. The van der Waals surface area contributed by atoms with Crippen molar-refractivity contribution in [1.82, 2.24) is 9.71 Å². The number of anilines is 1. The van der Waals surface area contributed by atoms with Gasteiger partial charge in [0.15, 0.2) is 0 Å². The molecule has 0 bridgehead atoms. The Labute approximate surface area is 104 Å². The molecule has 0 unspecified atom stereocenters.